The van der Waals surface area contributed by atoms with E-state index in [1.165, 1.54) is 7.11 Å². The fourth-order valence-electron chi connectivity index (χ4n) is 2.63. The van der Waals surface area contributed by atoms with Crippen LogP contribution in [-0.2, 0) is 6.54 Å². The van der Waals surface area contributed by atoms with Crippen LogP contribution in [0.4, 0.5) is 0 Å². The van der Waals surface area contributed by atoms with Crippen LogP contribution in [0.3, 0.4) is 0 Å². The lowest BCUT2D eigenvalue weighted by molar-refractivity contribution is 0.0942. The van der Waals surface area contributed by atoms with E-state index in [2.05, 4.69) is 10.4 Å². The summed E-state index contributed by atoms with van der Waals surface area (Å²) in [6.07, 6.45) is 1.68. The Morgan fingerprint density at radius 2 is 1.74 bits per heavy atom. The first kappa shape index (κ1) is 18.3. The highest BCUT2D eigenvalue weighted by molar-refractivity contribution is 5.95. The largest absolute Gasteiger partial charge is 0.497 e. The van der Waals surface area contributed by atoms with E-state index in [9.17, 15) is 4.79 Å². The van der Waals surface area contributed by atoms with Crippen molar-refractivity contribution < 1.29 is 19.0 Å². The fraction of sp³-hybridized carbons (Fsp3) is 0.200. The highest BCUT2D eigenvalue weighted by atomic mass is 16.5. The number of hydrogen-bond acceptors (Lipinski definition) is 5. The van der Waals surface area contributed by atoms with Crippen molar-refractivity contribution >= 4 is 5.91 Å². The molecule has 1 amide bonds. The van der Waals surface area contributed by atoms with Gasteiger partial charge in [-0.3, -0.25) is 4.79 Å². The zero-order chi connectivity index (χ0) is 19.2. The van der Waals surface area contributed by atoms with Crippen LogP contribution in [0, 0.1) is 0 Å². The van der Waals surface area contributed by atoms with Crippen LogP contribution in [0.1, 0.15) is 16.1 Å². The monoisotopic (exact) mass is 367 g/mol. The molecule has 1 N–H and O–H groups in total. The highest BCUT2D eigenvalue weighted by Crippen LogP contribution is 2.25. The van der Waals surface area contributed by atoms with Crippen molar-refractivity contribution in [1.29, 1.82) is 0 Å². The van der Waals surface area contributed by atoms with Crippen molar-refractivity contribution in [2.24, 2.45) is 0 Å². The van der Waals surface area contributed by atoms with Gasteiger partial charge >= 0.3 is 0 Å². The number of methoxy groups -OCH3 is 3. The quantitative estimate of drug-likeness (QED) is 0.695. The number of benzene rings is 2. The van der Waals surface area contributed by atoms with Gasteiger partial charge in [-0.1, -0.05) is 18.2 Å². The molecule has 0 bridgehead atoms. The van der Waals surface area contributed by atoms with Crippen LogP contribution < -0.4 is 19.5 Å². The lowest BCUT2D eigenvalue weighted by Gasteiger charge is -2.11. The van der Waals surface area contributed by atoms with Gasteiger partial charge in [0.2, 0.25) is 0 Å². The molecule has 0 saturated carbocycles. The Balaban J connectivity index is 1.78. The van der Waals surface area contributed by atoms with E-state index in [-0.39, 0.29) is 18.1 Å². The van der Waals surface area contributed by atoms with Gasteiger partial charge in [0.1, 0.15) is 11.5 Å². The zero-order valence-corrected chi connectivity index (χ0v) is 15.4. The van der Waals surface area contributed by atoms with Gasteiger partial charge in [0, 0.05) is 18.2 Å². The predicted octanol–water partition coefficient (Wildman–Crippen LogP) is 2.83. The Bertz CT molecular complexity index is 922. The topological polar surface area (TPSA) is 74.6 Å². The second-order valence-corrected chi connectivity index (χ2v) is 5.69. The third-order valence-electron chi connectivity index (χ3n) is 4.07. The molecule has 0 saturated heterocycles. The number of nitrogens with zero attached hydrogens (tertiary/aromatic N) is 2. The average molecular weight is 367 g/mol. The lowest BCUT2D eigenvalue weighted by atomic mass is 10.2. The van der Waals surface area contributed by atoms with Gasteiger partial charge in [0.15, 0.2) is 11.4 Å². The van der Waals surface area contributed by atoms with Gasteiger partial charge in [0.05, 0.1) is 33.2 Å². The lowest BCUT2D eigenvalue weighted by Crippen LogP contribution is -2.24. The maximum atomic E-state index is 12.6. The first-order valence-corrected chi connectivity index (χ1v) is 8.34. The fourth-order valence-corrected chi connectivity index (χ4v) is 2.63. The molecule has 0 aliphatic heterocycles. The van der Waals surface area contributed by atoms with Crippen molar-refractivity contribution in [3.8, 4) is 22.9 Å². The Labute approximate surface area is 157 Å². The van der Waals surface area contributed by atoms with E-state index in [1.807, 2.05) is 42.5 Å². The summed E-state index contributed by atoms with van der Waals surface area (Å²) in [6, 6.07) is 14.9. The van der Waals surface area contributed by atoms with E-state index in [0.29, 0.717) is 17.2 Å². The van der Waals surface area contributed by atoms with Crippen LogP contribution in [-0.4, -0.2) is 37.0 Å². The molecular formula is C20H21N3O4. The molecular weight excluding hydrogens is 346 g/mol. The third-order valence-corrected chi connectivity index (χ3v) is 4.07. The van der Waals surface area contributed by atoms with Crippen molar-refractivity contribution in [1.82, 2.24) is 15.1 Å². The van der Waals surface area contributed by atoms with Crippen molar-refractivity contribution in [2.75, 3.05) is 21.3 Å². The number of nitrogens with one attached hydrogen (secondary N) is 1. The van der Waals surface area contributed by atoms with Gasteiger partial charge in [0.25, 0.3) is 5.91 Å². The number of carbonyl (C=O) groups excluding carboxylic acids is 1. The number of aromatic nitrogens is 2. The molecule has 7 heteroatoms. The molecule has 1 heterocycles. The molecule has 0 atom stereocenters. The van der Waals surface area contributed by atoms with Crippen molar-refractivity contribution in [3.63, 3.8) is 0 Å². The van der Waals surface area contributed by atoms with Crippen molar-refractivity contribution in [2.45, 2.75) is 6.54 Å². The minimum absolute atomic E-state index is 0.217. The summed E-state index contributed by atoms with van der Waals surface area (Å²) in [4.78, 5) is 12.6. The summed E-state index contributed by atoms with van der Waals surface area (Å²) in [7, 11) is 4.67. The van der Waals surface area contributed by atoms with Gasteiger partial charge in [-0.2, -0.15) is 5.10 Å². The summed E-state index contributed by atoms with van der Waals surface area (Å²) < 4.78 is 17.5. The second-order valence-electron chi connectivity index (χ2n) is 5.69. The van der Waals surface area contributed by atoms with E-state index >= 15 is 0 Å². The molecule has 7 nitrogen and oxygen atoms in total. The van der Waals surface area contributed by atoms with Gasteiger partial charge in [-0.05, 0) is 24.3 Å². The molecule has 0 fully saturated rings. The number of amides is 1. The van der Waals surface area contributed by atoms with Gasteiger partial charge in [-0.15, -0.1) is 0 Å². The van der Waals surface area contributed by atoms with Crippen LogP contribution >= 0.6 is 0 Å². The van der Waals surface area contributed by atoms with Crippen LogP contribution in [0.25, 0.3) is 5.69 Å². The average Bonchev–Trinajstić information content (AvgIpc) is 3.17. The SMILES string of the molecule is COc1ccc(CNC(=O)c2nn(-c3ccccc3)cc2OC)c(OC)c1. The van der Waals surface area contributed by atoms with Crippen molar-refractivity contribution in [3.05, 3.63) is 66.0 Å². The van der Waals surface area contributed by atoms with E-state index in [1.54, 1.807) is 31.2 Å². The molecule has 140 valence electrons. The Morgan fingerprint density at radius 1 is 1.00 bits per heavy atom. The van der Waals surface area contributed by atoms with E-state index in [4.69, 9.17) is 14.2 Å². The number of rotatable bonds is 7. The molecule has 0 spiro atoms. The van der Waals surface area contributed by atoms with E-state index in [0.717, 1.165) is 11.3 Å². The number of ether oxygens (including phenoxy) is 3. The number of carbonyl (C=O) groups is 1. The molecule has 0 radical (unpaired) electrons. The van der Waals surface area contributed by atoms with E-state index < -0.39 is 0 Å². The first-order valence-electron chi connectivity index (χ1n) is 8.34. The molecule has 27 heavy (non-hydrogen) atoms. The summed E-state index contributed by atoms with van der Waals surface area (Å²) in [5.74, 6) is 1.39. The zero-order valence-electron chi connectivity index (χ0n) is 15.4. The first-order chi connectivity index (χ1) is 13.2. The maximum absolute atomic E-state index is 12.6. The summed E-state index contributed by atoms with van der Waals surface area (Å²) >= 11 is 0. The number of para-hydroxylation sites is 1. The molecule has 3 rings (SSSR count). The standard InChI is InChI=1S/C20H21N3O4/c1-25-16-10-9-14(17(11-16)26-2)12-21-20(24)19-18(27-3)13-23(22-19)15-7-5-4-6-8-15/h4-11,13H,12H2,1-3H3,(H,21,24). The predicted molar refractivity (Wildman–Crippen MR) is 101 cm³/mol. The Kier molecular flexibility index (Phi) is 5.61. The Morgan fingerprint density at radius 3 is 2.41 bits per heavy atom. The normalized spacial score (nSPS) is 10.3. The molecule has 0 unspecified atom stereocenters. The highest BCUT2D eigenvalue weighted by Gasteiger charge is 2.18. The summed E-state index contributed by atoms with van der Waals surface area (Å²) in [6.45, 7) is 0.285. The minimum atomic E-state index is -0.334. The number of hydrogen-bond donors (Lipinski definition) is 1. The maximum Gasteiger partial charge on any atom is 0.275 e. The van der Waals surface area contributed by atoms with Crippen LogP contribution in [0.5, 0.6) is 17.2 Å². The van der Waals surface area contributed by atoms with Gasteiger partial charge < -0.3 is 19.5 Å². The van der Waals surface area contributed by atoms with Crippen LogP contribution in [0.15, 0.2) is 54.7 Å². The third kappa shape index (κ3) is 4.03. The second kappa shape index (κ2) is 8.27. The van der Waals surface area contributed by atoms with Gasteiger partial charge in [-0.25, -0.2) is 4.68 Å². The Hall–Kier alpha value is -3.48. The molecule has 0 aliphatic rings. The minimum Gasteiger partial charge on any atom is -0.497 e. The molecule has 1 aromatic heterocycles. The molecule has 3 aromatic rings. The van der Waals surface area contributed by atoms with Crippen LogP contribution in [0.2, 0.25) is 0 Å². The molecule has 0 aliphatic carbocycles. The summed E-state index contributed by atoms with van der Waals surface area (Å²) in [5, 5.41) is 7.21. The smallest absolute Gasteiger partial charge is 0.275 e. The summed E-state index contributed by atoms with van der Waals surface area (Å²) in [5.41, 5.74) is 1.88. The molecule has 2 aromatic carbocycles.